The smallest absolute Gasteiger partial charge is 0.226 e. The van der Waals surface area contributed by atoms with Crippen LogP contribution in [-0.2, 0) is 0 Å². The summed E-state index contributed by atoms with van der Waals surface area (Å²) in [6, 6.07) is 13.0. The topological polar surface area (TPSA) is 48.4 Å². The van der Waals surface area contributed by atoms with Crippen LogP contribution in [0.15, 0.2) is 48.8 Å². The largest absolute Gasteiger partial charge is 0.356 e. The van der Waals surface area contributed by atoms with Crippen LogP contribution in [0.2, 0.25) is 0 Å². The third-order valence-electron chi connectivity index (χ3n) is 5.35. The van der Waals surface area contributed by atoms with Crippen molar-refractivity contribution in [3.8, 4) is 0 Å². The van der Waals surface area contributed by atoms with E-state index in [2.05, 4.69) is 62.1 Å². The molecule has 1 aromatic carbocycles. The van der Waals surface area contributed by atoms with Crippen molar-refractivity contribution < 1.29 is 0 Å². The zero-order chi connectivity index (χ0) is 18.8. The van der Waals surface area contributed by atoms with E-state index >= 15 is 0 Å². The molecule has 1 saturated heterocycles. The Hall–Kier alpha value is -2.89. The van der Waals surface area contributed by atoms with Crippen LogP contribution in [0.1, 0.15) is 12.8 Å². The lowest BCUT2D eigenvalue weighted by Gasteiger charge is -2.38. The van der Waals surface area contributed by atoms with Gasteiger partial charge in [-0.2, -0.15) is 4.98 Å². The fraction of sp³-hybridized carbons (Fsp3) is 0.381. The van der Waals surface area contributed by atoms with Gasteiger partial charge in [0.15, 0.2) is 0 Å². The Bertz CT molecular complexity index is 912. The van der Waals surface area contributed by atoms with E-state index in [0.717, 1.165) is 43.5 Å². The summed E-state index contributed by atoms with van der Waals surface area (Å²) in [7, 11) is 6.07. The van der Waals surface area contributed by atoms with E-state index < -0.39 is 0 Å². The third kappa shape index (κ3) is 3.52. The Morgan fingerprint density at radius 3 is 2.44 bits per heavy atom. The molecule has 140 valence electrons. The van der Waals surface area contributed by atoms with Crippen LogP contribution in [0.3, 0.4) is 0 Å². The monoisotopic (exact) mass is 362 g/mol. The van der Waals surface area contributed by atoms with E-state index in [9.17, 15) is 0 Å². The van der Waals surface area contributed by atoms with E-state index in [-0.39, 0.29) is 0 Å². The first kappa shape index (κ1) is 17.5. The second-order valence-corrected chi connectivity index (χ2v) is 7.29. The van der Waals surface area contributed by atoms with Gasteiger partial charge in [-0.3, -0.25) is 0 Å². The maximum atomic E-state index is 4.68. The van der Waals surface area contributed by atoms with Crippen LogP contribution < -0.4 is 14.7 Å². The molecule has 0 bridgehead atoms. The van der Waals surface area contributed by atoms with Crippen LogP contribution in [0.25, 0.3) is 10.8 Å². The second-order valence-electron chi connectivity index (χ2n) is 7.29. The van der Waals surface area contributed by atoms with Gasteiger partial charge in [-0.25, -0.2) is 9.97 Å². The van der Waals surface area contributed by atoms with Crippen molar-refractivity contribution in [3.63, 3.8) is 0 Å². The first-order chi connectivity index (χ1) is 13.1. The molecule has 27 heavy (non-hydrogen) atoms. The van der Waals surface area contributed by atoms with E-state index in [0.29, 0.717) is 6.04 Å². The molecule has 0 atom stereocenters. The number of fused-ring (bicyclic) bond motifs is 1. The molecular weight excluding hydrogens is 336 g/mol. The standard InChI is InChI=1S/C21H26N6/c1-25(2)21-23-13-9-19(24-21)26(3)17-10-14-27(15-11-17)20-18-7-5-4-6-16(18)8-12-22-20/h4-9,12-13,17H,10-11,14-15H2,1-3H3. The highest BCUT2D eigenvalue weighted by atomic mass is 15.3. The molecule has 0 amide bonds. The maximum Gasteiger partial charge on any atom is 0.226 e. The molecule has 2 aromatic heterocycles. The molecule has 0 radical (unpaired) electrons. The predicted octanol–water partition coefficient (Wildman–Crippen LogP) is 3.20. The number of benzene rings is 1. The predicted molar refractivity (Wildman–Crippen MR) is 112 cm³/mol. The molecule has 3 heterocycles. The number of piperidine rings is 1. The number of aromatic nitrogens is 3. The van der Waals surface area contributed by atoms with Gasteiger partial charge in [0, 0.05) is 58.1 Å². The molecule has 1 aliphatic rings. The van der Waals surface area contributed by atoms with Crippen LogP contribution >= 0.6 is 0 Å². The quantitative estimate of drug-likeness (QED) is 0.710. The van der Waals surface area contributed by atoms with Gasteiger partial charge in [0.2, 0.25) is 5.95 Å². The van der Waals surface area contributed by atoms with Crippen LogP contribution in [0.5, 0.6) is 0 Å². The van der Waals surface area contributed by atoms with Crippen LogP contribution in [0, 0.1) is 0 Å². The fourth-order valence-corrected chi connectivity index (χ4v) is 3.76. The molecular formula is C21H26N6. The molecule has 0 saturated carbocycles. The van der Waals surface area contributed by atoms with Crippen molar-refractivity contribution >= 4 is 28.4 Å². The minimum absolute atomic E-state index is 0.473. The van der Waals surface area contributed by atoms with Crippen LogP contribution in [-0.4, -0.2) is 55.2 Å². The van der Waals surface area contributed by atoms with Gasteiger partial charge in [0.1, 0.15) is 11.6 Å². The Labute approximate surface area is 160 Å². The van der Waals surface area contributed by atoms with Gasteiger partial charge < -0.3 is 14.7 Å². The summed E-state index contributed by atoms with van der Waals surface area (Å²) in [5, 5.41) is 2.48. The number of hydrogen-bond acceptors (Lipinski definition) is 6. The molecule has 3 aromatic rings. The van der Waals surface area contributed by atoms with Gasteiger partial charge in [0.25, 0.3) is 0 Å². The Balaban J connectivity index is 1.48. The van der Waals surface area contributed by atoms with Crippen molar-refractivity contribution in [3.05, 3.63) is 48.8 Å². The molecule has 0 aliphatic carbocycles. The summed E-state index contributed by atoms with van der Waals surface area (Å²) in [6.45, 7) is 2.00. The highest BCUT2D eigenvalue weighted by Gasteiger charge is 2.25. The normalized spacial score (nSPS) is 15.1. The molecule has 0 spiro atoms. The van der Waals surface area contributed by atoms with E-state index in [4.69, 9.17) is 0 Å². The first-order valence-electron chi connectivity index (χ1n) is 9.45. The summed E-state index contributed by atoms with van der Waals surface area (Å²) in [4.78, 5) is 20.3. The Morgan fingerprint density at radius 2 is 1.67 bits per heavy atom. The summed E-state index contributed by atoms with van der Waals surface area (Å²) >= 11 is 0. The number of nitrogens with zero attached hydrogens (tertiary/aromatic N) is 6. The SMILES string of the molecule is CN(C)c1nccc(N(C)C2CCN(c3nccc4ccccc34)CC2)n1. The molecule has 6 nitrogen and oxygen atoms in total. The van der Waals surface area contributed by atoms with Gasteiger partial charge in [0.05, 0.1) is 0 Å². The van der Waals surface area contributed by atoms with Gasteiger partial charge in [-0.05, 0) is 30.4 Å². The van der Waals surface area contributed by atoms with Gasteiger partial charge in [-0.1, -0.05) is 24.3 Å². The zero-order valence-electron chi connectivity index (χ0n) is 16.2. The lowest BCUT2D eigenvalue weighted by molar-refractivity contribution is 0.478. The molecule has 6 heteroatoms. The van der Waals surface area contributed by atoms with Crippen molar-refractivity contribution in [2.45, 2.75) is 18.9 Å². The average molecular weight is 362 g/mol. The summed E-state index contributed by atoms with van der Waals surface area (Å²) in [6.07, 6.45) is 5.92. The molecule has 0 N–H and O–H groups in total. The van der Waals surface area contributed by atoms with Crippen molar-refractivity contribution in [1.29, 1.82) is 0 Å². The number of hydrogen-bond donors (Lipinski definition) is 0. The summed E-state index contributed by atoms with van der Waals surface area (Å²) in [5.41, 5.74) is 0. The molecule has 1 fully saturated rings. The lowest BCUT2D eigenvalue weighted by atomic mass is 10.0. The van der Waals surface area contributed by atoms with Gasteiger partial charge in [-0.15, -0.1) is 0 Å². The highest BCUT2D eigenvalue weighted by molar-refractivity contribution is 5.92. The first-order valence-corrected chi connectivity index (χ1v) is 9.45. The average Bonchev–Trinajstić information content (AvgIpc) is 2.73. The molecule has 4 rings (SSSR count). The Morgan fingerprint density at radius 1 is 0.926 bits per heavy atom. The van der Waals surface area contributed by atoms with E-state index in [1.165, 1.54) is 10.8 Å². The minimum Gasteiger partial charge on any atom is -0.356 e. The van der Waals surface area contributed by atoms with Crippen molar-refractivity contribution in [2.75, 3.05) is 48.9 Å². The van der Waals surface area contributed by atoms with Crippen molar-refractivity contribution in [2.24, 2.45) is 0 Å². The van der Waals surface area contributed by atoms with E-state index in [1.54, 1.807) is 0 Å². The number of anilines is 3. The van der Waals surface area contributed by atoms with E-state index in [1.807, 2.05) is 37.5 Å². The number of pyridine rings is 1. The fourth-order valence-electron chi connectivity index (χ4n) is 3.76. The molecule has 0 unspecified atom stereocenters. The maximum absolute atomic E-state index is 4.68. The third-order valence-corrected chi connectivity index (χ3v) is 5.35. The highest BCUT2D eigenvalue weighted by Crippen LogP contribution is 2.28. The second kappa shape index (κ2) is 7.39. The van der Waals surface area contributed by atoms with Crippen molar-refractivity contribution in [1.82, 2.24) is 15.0 Å². The Kier molecular flexibility index (Phi) is 4.79. The van der Waals surface area contributed by atoms with Gasteiger partial charge >= 0.3 is 0 Å². The van der Waals surface area contributed by atoms with Crippen LogP contribution in [0.4, 0.5) is 17.6 Å². The zero-order valence-corrected chi connectivity index (χ0v) is 16.2. The summed E-state index contributed by atoms with van der Waals surface area (Å²) in [5.74, 6) is 2.83. The minimum atomic E-state index is 0.473. The lowest BCUT2D eigenvalue weighted by Crippen LogP contribution is -2.44. The summed E-state index contributed by atoms with van der Waals surface area (Å²) < 4.78 is 0. The number of rotatable bonds is 4. The molecule has 1 aliphatic heterocycles.